The number of anilines is 2. The highest BCUT2D eigenvalue weighted by molar-refractivity contribution is 6.30. The van der Waals surface area contributed by atoms with Crippen LogP contribution in [0.15, 0.2) is 66.5 Å². The Morgan fingerprint density at radius 2 is 1.97 bits per heavy atom. The number of nitrogens with one attached hydrogen (secondary N) is 2. The number of fused-ring (bicyclic) bond motifs is 1. The zero-order chi connectivity index (χ0) is 20.5. The molecular formula is C21H17ClN4O3. The number of nitrogens with zero attached hydrogens (tertiary/aromatic N) is 2. The standard InChI is InChI=1S/C21H17ClN4O3/c1-12-3-2-4-15(9-12)24-20(27)16-11-23-26-18(13-5-7-14(22)8-6-13)10-17(21(28)29)25-19(16)26/h2-11,18,25H,1H3,(H,24,27)(H,28,29)/t18-/m1/s1. The number of benzene rings is 2. The van der Waals surface area contributed by atoms with E-state index in [9.17, 15) is 14.7 Å². The third kappa shape index (κ3) is 3.72. The lowest BCUT2D eigenvalue weighted by Crippen LogP contribution is -2.25. The molecule has 1 amide bonds. The van der Waals surface area contributed by atoms with E-state index < -0.39 is 12.0 Å². The Morgan fingerprint density at radius 3 is 2.66 bits per heavy atom. The molecule has 3 aromatic rings. The van der Waals surface area contributed by atoms with Crippen LogP contribution in [-0.2, 0) is 4.79 Å². The van der Waals surface area contributed by atoms with Crippen LogP contribution in [0.4, 0.5) is 11.5 Å². The van der Waals surface area contributed by atoms with Crippen LogP contribution in [0, 0.1) is 6.92 Å². The van der Waals surface area contributed by atoms with Crippen molar-refractivity contribution in [3.05, 3.63) is 88.2 Å². The summed E-state index contributed by atoms with van der Waals surface area (Å²) in [6.07, 6.45) is 2.98. The van der Waals surface area contributed by atoms with Gasteiger partial charge in [-0.05, 0) is 48.4 Å². The highest BCUT2D eigenvalue weighted by Crippen LogP contribution is 2.33. The molecule has 146 valence electrons. The van der Waals surface area contributed by atoms with Gasteiger partial charge in [0.1, 0.15) is 17.1 Å². The van der Waals surface area contributed by atoms with Crippen molar-refractivity contribution >= 4 is 35.0 Å². The number of hydrogen-bond acceptors (Lipinski definition) is 4. The summed E-state index contributed by atoms with van der Waals surface area (Å²) < 4.78 is 1.58. The van der Waals surface area contributed by atoms with Crippen molar-refractivity contribution < 1.29 is 14.7 Å². The highest BCUT2D eigenvalue weighted by Gasteiger charge is 2.29. The van der Waals surface area contributed by atoms with Gasteiger partial charge < -0.3 is 15.7 Å². The summed E-state index contributed by atoms with van der Waals surface area (Å²) in [7, 11) is 0. The van der Waals surface area contributed by atoms with Gasteiger partial charge in [-0.2, -0.15) is 5.10 Å². The summed E-state index contributed by atoms with van der Waals surface area (Å²) in [5, 5.41) is 20.1. The number of rotatable bonds is 4. The van der Waals surface area contributed by atoms with Gasteiger partial charge in [0.15, 0.2) is 0 Å². The van der Waals surface area contributed by atoms with Gasteiger partial charge in [-0.25, -0.2) is 9.48 Å². The number of hydrogen-bond donors (Lipinski definition) is 3. The number of carboxylic acids is 1. The fraction of sp³-hybridized carbons (Fsp3) is 0.0952. The van der Waals surface area contributed by atoms with E-state index >= 15 is 0 Å². The minimum absolute atomic E-state index is 0.0254. The van der Waals surface area contributed by atoms with Crippen LogP contribution in [0.3, 0.4) is 0 Å². The molecule has 0 aliphatic carbocycles. The number of aliphatic carboxylic acids is 1. The van der Waals surface area contributed by atoms with E-state index in [2.05, 4.69) is 15.7 Å². The molecule has 1 atom stereocenters. The summed E-state index contributed by atoms with van der Waals surface area (Å²) in [5.41, 5.74) is 2.68. The fourth-order valence-corrected chi connectivity index (χ4v) is 3.33. The monoisotopic (exact) mass is 408 g/mol. The van der Waals surface area contributed by atoms with Crippen LogP contribution in [0.25, 0.3) is 0 Å². The molecule has 29 heavy (non-hydrogen) atoms. The lowest BCUT2D eigenvalue weighted by atomic mass is 10.0. The summed E-state index contributed by atoms with van der Waals surface area (Å²) in [5.74, 6) is -1.19. The molecular weight excluding hydrogens is 392 g/mol. The number of carbonyl (C=O) groups excluding carboxylic acids is 1. The molecule has 1 aromatic heterocycles. The van der Waals surface area contributed by atoms with E-state index in [1.165, 1.54) is 6.20 Å². The van der Waals surface area contributed by atoms with Gasteiger partial charge in [0.2, 0.25) is 0 Å². The first kappa shape index (κ1) is 18.8. The third-order valence-corrected chi connectivity index (χ3v) is 4.85. The molecule has 0 radical (unpaired) electrons. The number of halogens is 1. The maximum Gasteiger partial charge on any atom is 0.352 e. The van der Waals surface area contributed by atoms with Gasteiger partial charge in [-0.15, -0.1) is 0 Å². The second kappa shape index (κ2) is 7.44. The van der Waals surface area contributed by atoms with Gasteiger partial charge in [0, 0.05) is 10.7 Å². The second-order valence-electron chi connectivity index (χ2n) is 6.68. The van der Waals surface area contributed by atoms with Gasteiger partial charge in [-0.3, -0.25) is 4.79 Å². The van der Waals surface area contributed by atoms with E-state index in [1.807, 2.05) is 25.1 Å². The Hall–Kier alpha value is -3.58. The largest absolute Gasteiger partial charge is 0.477 e. The number of carboxylic acid groups (broad SMARTS) is 1. The Bertz CT molecular complexity index is 1140. The SMILES string of the molecule is Cc1cccc(NC(=O)c2cnn3c2NC(C(=O)O)=C[C@@H]3c2ccc(Cl)cc2)c1. The number of aryl methyl sites for hydroxylation is 1. The third-order valence-electron chi connectivity index (χ3n) is 4.60. The number of carbonyl (C=O) groups is 2. The van der Waals surface area contributed by atoms with Gasteiger partial charge >= 0.3 is 5.97 Å². The molecule has 1 aliphatic heterocycles. The van der Waals surface area contributed by atoms with Crippen LogP contribution in [-0.4, -0.2) is 26.8 Å². The second-order valence-corrected chi connectivity index (χ2v) is 7.12. The fourth-order valence-electron chi connectivity index (χ4n) is 3.20. The zero-order valence-electron chi connectivity index (χ0n) is 15.4. The molecule has 0 spiro atoms. The minimum Gasteiger partial charge on any atom is -0.477 e. The average Bonchev–Trinajstić information content (AvgIpc) is 3.12. The van der Waals surface area contributed by atoms with Crippen LogP contribution in [0.5, 0.6) is 0 Å². The molecule has 8 heteroatoms. The summed E-state index contributed by atoms with van der Waals surface area (Å²) in [6.45, 7) is 1.93. The van der Waals surface area contributed by atoms with E-state index in [1.54, 1.807) is 41.1 Å². The number of amides is 1. The van der Waals surface area contributed by atoms with Crippen molar-refractivity contribution in [3.8, 4) is 0 Å². The number of aromatic nitrogens is 2. The lowest BCUT2D eigenvalue weighted by molar-refractivity contribution is -0.132. The molecule has 0 bridgehead atoms. The van der Waals surface area contributed by atoms with Gasteiger partial charge in [0.25, 0.3) is 5.91 Å². The van der Waals surface area contributed by atoms with Crippen molar-refractivity contribution in [1.82, 2.24) is 9.78 Å². The minimum atomic E-state index is -1.12. The molecule has 4 rings (SSSR count). The Labute approximate surface area is 171 Å². The zero-order valence-corrected chi connectivity index (χ0v) is 16.1. The maximum absolute atomic E-state index is 12.8. The van der Waals surface area contributed by atoms with Crippen LogP contribution < -0.4 is 10.6 Å². The Kier molecular flexibility index (Phi) is 4.82. The maximum atomic E-state index is 12.8. The molecule has 1 aliphatic rings. The predicted molar refractivity (Wildman–Crippen MR) is 110 cm³/mol. The van der Waals surface area contributed by atoms with Gasteiger partial charge in [0.05, 0.1) is 12.2 Å². The van der Waals surface area contributed by atoms with Crippen LogP contribution in [0.2, 0.25) is 5.02 Å². The van der Waals surface area contributed by atoms with E-state index in [0.717, 1.165) is 11.1 Å². The molecule has 0 fully saturated rings. The first-order valence-corrected chi connectivity index (χ1v) is 9.23. The molecule has 7 nitrogen and oxygen atoms in total. The van der Waals surface area contributed by atoms with Crippen LogP contribution >= 0.6 is 11.6 Å². The summed E-state index contributed by atoms with van der Waals surface area (Å²) in [6, 6.07) is 14.0. The normalized spacial score (nSPS) is 15.1. The smallest absolute Gasteiger partial charge is 0.352 e. The molecule has 3 N–H and O–H groups in total. The molecule has 0 unspecified atom stereocenters. The van der Waals surface area contributed by atoms with Crippen LogP contribution in [0.1, 0.15) is 27.5 Å². The van der Waals surface area contributed by atoms with Crippen molar-refractivity contribution in [3.63, 3.8) is 0 Å². The number of allylic oxidation sites excluding steroid dienone is 1. The molecule has 2 aromatic carbocycles. The Balaban J connectivity index is 1.72. The van der Waals surface area contributed by atoms with E-state index in [0.29, 0.717) is 16.5 Å². The van der Waals surface area contributed by atoms with Crippen molar-refractivity contribution in [2.45, 2.75) is 13.0 Å². The topological polar surface area (TPSA) is 96.3 Å². The van der Waals surface area contributed by atoms with E-state index in [-0.39, 0.29) is 17.2 Å². The molecule has 0 saturated carbocycles. The summed E-state index contributed by atoms with van der Waals surface area (Å²) in [4.78, 5) is 24.5. The highest BCUT2D eigenvalue weighted by atomic mass is 35.5. The lowest BCUT2D eigenvalue weighted by Gasteiger charge is -2.24. The first-order valence-electron chi connectivity index (χ1n) is 8.85. The van der Waals surface area contributed by atoms with E-state index in [4.69, 9.17) is 11.6 Å². The van der Waals surface area contributed by atoms with Crippen molar-refractivity contribution in [1.29, 1.82) is 0 Å². The van der Waals surface area contributed by atoms with Crippen molar-refractivity contribution in [2.75, 3.05) is 10.6 Å². The Morgan fingerprint density at radius 1 is 1.21 bits per heavy atom. The molecule has 0 saturated heterocycles. The average molecular weight is 409 g/mol. The van der Waals surface area contributed by atoms with Gasteiger partial charge in [-0.1, -0.05) is 35.9 Å². The van der Waals surface area contributed by atoms with Crippen molar-refractivity contribution in [2.24, 2.45) is 0 Å². The predicted octanol–water partition coefficient (Wildman–Crippen LogP) is 4.08. The molecule has 2 heterocycles. The quantitative estimate of drug-likeness (QED) is 0.604. The first-order chi connectivity index (χ1) is 13.9. The summed E-state index contributed by atoms with van der Waals surface area (Å²) >= 11 is 5.97.